The largest absolute Gasteiger partial charge is 0.481 e. The molecule has 0 amide bonds. The Morgan fingerprint density at radius 2 is 1.31 bits per heavy atom. The Morgan fingerprint density at radius 3 is 1.72 bits per heavy atom. The molecule has 0 saturated carbocycles. The van der Waals surface area contributed by atoms with E-state index in [1.807, 2.05) is 0 Å². The molecule has 14 heteroatoms. The van der Waals surface area contributed by atoms with Gasteiger partial charge in [-0.05, 0) is 24.1 Å². The number of rotatable bonds is 5. The lowest BCUT2D eigenvalue weighted by atomic mass is 10.2. The second kappa shape index (κ2) is 8.73. The second-order valence-corrected chi connectivity index (χ2v) is 10.1. The highest BCUT2D eigenvalue weighted by molar-refractivity contribution is 7.90. The molecule has 0 bridgehead atoms. The molecule has 0 aliphatic heterocycles. The van der Waals surface area contributed by atoms with Gasteiger partial charge in [-0.2, -0.15) is 0 Å². The fraction of sp³-hybridized carbons (Fsp3) is 0.167. The fourth-order valence-corrected chi connectivity index (χ4v) is 3.32. The smallest absolute Gasteiger partial charge is 0.315 e. The topological polar surface area (TPSA) is 183 Å². The first-order chi connectivity index (χ1) is 14.9. The molecule has 0 aliphatic rings. The van der Waals surface area contributed by atoms with Crippen LogP contribution in [0, 0.1) is 11.8 Å². The predicted molar refractivity (Wildman–Crippen MR) is 109 cm³/mol. The predicted octanol–water partition coefficient (Wildman–Crippen LogP) is 0.0238. The minimum Gasteiger partial charge on any atom is -0.481 e. The van der Waals surface area contributed by atoms with Crippen LogP contribution in [-0.2, 0) is 24.5 Å². The van der Waals surface area contributed by atoms with Crippen molar-refractivity contribution in [3.63, 3.8) is 0 Å². The zero-order chi connectivity index (χ0) is 23.5. The number of hydrogen-bond donors (Lipinski definition) is 1. The van der Waals surface area contributed by atoms with Gasteiger partial charge in [0.15, 0.2) is 0 Å². The molecular formula is C18H14N6O6S2. The molecule has 0 unspecified atom stereocenters. The zero-order valence-corrected chi connectivity index (χ0v) is 18.2. The molecule has 0 aromatic carbocycles. The second-order valence-electron chi connectivity index (χ2n) is 6.33. The van der Waals surface area contributed by atoms with Crippen molar-refractivity contribution >= 4 is 25.6 Å². The van der Waals surface area contributed by atoms with Crippen LogP contribution in [0.25, 0.3) is 22.8 Å². The number of aromatic nitrogens is 6. The van der Waals surface area contributed by atoms with Gasteiger partial charge in [0.1, 0.15) is 6.42 Å². The Labute approximate surface area is 182 Å². The third-order valence-corrected chi connectivity index (χ3v) is 5.34. The Kier molecular flexibility index (Phi) is 6.23. The van der Waals surface area contributed by atoms with Gasteiger partial charge in [0, 0.05) is 24.9 Å². The van der Waals surface area contributed by atoms with E-state index in [9.17, 15) is 21.6 Å². The molecule has 0 aliphatic carbocycles. The quantitative estimate of drug-likeness (QED) is 0.387. The Morgan fingerprint density at radius 1 is 0.844 bits per heavy atom. The highest BCUT2D eigenvalue weighted by Crippen LogP contribution is 2.22. The van der Waals surface area contributed by atoms with Crippen molar-refractivity contribution in [2.45, 2.75) is 16.7 Å². The average molecular weight is 474 g/mol. The van der Waals surface area contributed by atoms with Crippen LogP contribution in [0.15, 0.2) is 40.9 Å². The van der Waals surface area contributed by atoms with Crippen LogP contribution in [-0.4, -0.2) is 70.3 Å². The molecule has 1 N–H and O–H groups in total. The van der Waals surface area contributed by atoms with Crippen LogP contribution in [0.5, 0.6) is 0 Å². The maximum Gasteiger partial charge on any atom is 0.315 e. The molecule has 0 fully saturated rings. The number of nitrogens with zero attached hydrogens (tertiary/aromatic N) is 6. The molecule has 12 nitrogen and oxygen atoms in total. The summed E-state index contributed by atoms with van der Waals surface area (Å²) in [5, 5.41) is 7.94. The van der Waals surface area contributed by atoms with E-state index in [1.54, 1.807) is 0 Å². The minimum atomic E-state index is -3.70. The van der Waals surface area contributed by atoms with Crippen molar-refractivity contribution in [3.8, 4) is 34.6 Å². The molecule has 3 aromatic rings. The van der Waals surface area contributed by atoms with Gasteiger partial charge < -0.3 is 5.11 Å². The van der Waals surface area contributed by atoms with E-state index >= 15 is 0 Å². The van der Waals surface area contributed by atoms with Crippen molar-refractivity contribution in [1.82, 2.24) is 29.9 Å². The summed E-state index contributed by atoms with van der Waals surface area (Å²) in [5.74, 6) is 3.67. The molecule has 3 rings (SSSR count). The number of hydrogen-bond acceptors (Lipinski definition) is 11. The molecule has 0 atom stereocenters. The summed E-state index contributed by atoms with van der Waals surface area (Å²) in [5.41, 5.74) is 0.536. The van der Waals surface area contributed by atoms with Crippen molar-refractivity contribution in [2.75, 3.05) is 12.5 Å². The van der Waals surface area contributed by atoms with Gasteiger partial charge >= 0.3 is 5.97 Å². The first-order valence-corrected chi connectivity index (χ1v) is 12.4. The summed E-state index contributed by atoms with van der Waals surface area (Å²) >= 11 is 0. The Hall–Kier alpha value is -3.83. The fourth-order valence-electron chi connectivity index (χ4n) is 2.29. The first kappa shape index (κ1) is 22.8. The third kappa shape index (κ3) is 5.65. The van der Waals surface area contributed by atoms with Gasteiger partial charge in [0.2, 0.25) is 35.8 Å². The van der Waals surface area contributed by atoms with E-state index in [0.29, 0.717) is 0 Å². The summed E-state index contributed by atoms with van der Waals surface area (Å²) in [6.45, 7) is 0. The molecule has 164 valence electrons. The molecule has 0 saturated heterocycles. The van der Waals surface area contributed by atoms with E-state index in [1.165, 1.54) is 30.6 Å². The van der Waals surface area contributed by atoms with E-state index in [2.05, 4.69) is 41.7 Å². The summed E-state index contributed by atoms with van der Waals surface area (Å²) < 4.78 is 47.2. The summed E-state index contributed by atoms with van der Waals surface area (Å²) in [7, 11) is -7.40. The van der Waals surface area contributed by atoms with Gasteiger partial charge in [0.05, 0.1) is 22.8 Å². The molecule has 3 aromatic heterocycles. The summed E-state index contributed by atoms with van der Waals surface area (Å²) in [6, 6.07) is 4.24. The number of carboxylic acids is 1. The average Bonchev–Trinajstić information content (AvgIpc) is 2.72. The van der Waals surface area contributed by atoms with Crippen molar-refractivity contribution < 1.29 is 26.7 Å². The number of sulfone groups is 2. The Bertz CT molecular complexity index is 1400. The summed E-state index contributed by atoms with van der Waals surface area (Å²) in [4.78, 5) is 34.6. The standard InChI is InChI=1S/C18H14N6O6S2/c1-31(27,28)17-19-8-6-11(23-17)13-10-14(22-15(21-13)4-3-5-16(25)26)12-7-9-20-18(24-12)32(2,29)30/h6-10H,5H2,1-2H3,(H,25,26). The van der Waals surface area contributed by atoms with Gasteiger partial charge in [-0.25, -0.2) is 46.7 Å². The maximum atomic E-state index is 11.8. The van der Waals surface area contributed by atoms with E-state index in [-0.39, 0.29) is 28.6 Å². The lowest BCUT2D eigenvalue weighted by Gasteiger charge is -2.07. The highest BCUT2D eigenvalue weighted by atomic mass is 32.2. The van der Waals surface area contributed by atoms with E-state index in [4.69, 9.17) is 5.11 Å². The van der Waals surface area contributed by atoms with Gasteiger partial charge in [-0.3, -0.25) is 4.79 Å². The van der Waals surface area contributed by atoms with Gasteiger partial charge in [0.25, 0.3) is 0 Å². The van der Waals surface area contributed by atoms with Gasteiger partial charge in [-0.15, -0.1) is 0 Å². The minimum absolute atomic E-state index is 0.0993. The highest BCUT2D eigenvalue weighted by Gasteiger charge is 2.17. The maximum absolute atomic E-state index is 11.8. The monoisotopic (exact) mass is 474 g/mol. The van der Waals surface area contributed by atoms with Crippen molar-refractivity contribution in [2.24, 2.45) is 0 Å². The van der Waals surface area contributed by atoms with Crippen molar-refractivity contribution in [3.05, 3.63) is 36.4 Å². The number of carbonyl (C=O) groups is 1. The van der Waals surface area contributed by atoms with Crippen molar-refractivity contribution in [1.29, 1.82) is 0 Å². The normalized spacial score (nSPS) is 11.4. The third-order valence-electron chi connectivity index (χ3n) is 3.62. The SMILES string of the molecule is CS(=O)(=O)c1nccc(-c2cc(-c3ccnc(S(C)(=O)=O)n3)nc(C#CCC(=O)O)n2)n1. The van der Waals surface area contributed by atoms with Crippen LogP contribution in [0.1, 0.15) is 12.2 Å². The molecule has 3 heterocycles. The van der Waals surface area contributed by atoms with E-state index in [0.717, 1.165) is 12.5 Å². The van der Waals surface area contributed by atoms with Crippen LogP contribution >= 0.6 is 0 Å². The van der Waals surface area contributed by atoms with Crippen LogP contribution in [0.2, 0.25) is 0 Å². The zero-order valence-electron chi connectivity index (χ0n) is 16.6. The molecule has 0 radical (unpaired) electrons. The van der Waals surface area contributed by atoms with Crippen LogP contribution in [0.3, 0.4) is 0 Å². The lowest BCUT2D eigenvalue weighted by Crippen LogP contribution is -2.06. The summed E-state index contributed by atoms with van der Waals surface area (Å²) in [6.07, 6.45) is 3.92. The van der Waals surface area contributed by atoms with E-state index < -0.39 is 42.4 Å². The number of aliphatic carboxylic acids is 1. The number of carboxylic acid groups (broad SMARTS) is 1. The van der Waals surface area contributed by atoms with Crippen LogP contribution < -0.4 is 0 Å². The molecule has 32 heavy (non-hydrogen) atoms. The first-order valence-electron chi connectivity index (χ1n) is 8.60. The Balaban J connectivity index is 2.21. The molecular weight excluding hydrogens is 460 g/mol. The van der Waals surface area contributed by atoms with Crippen LogP contribution in [0.4, 0.5) is 0 Å². The molecule has 0 spiro atoms. The lowest BCUT2D eigenvalue weighted by molar-refractivity contribution is -0.135. The van der Waals surface area contributed by atoms with Gasteiger partial charge in [-0.1, -0.05) is 5.92 Å².